The van der Waals surface area contributed by atoms with Crippen LogP contribution >= 0.6 is 0 Å². The number of aromatic amines is 1. The Labute approximate surface area is 129 Å². The van der Waals surface area contributed by atoms with Crippen molar-refractivity contribution in [2.75, 3.05) is 6.54 Å². The highest BCUT2D eigenvalue weighted by Gasteiger charge is 2.23. The summed E-state index contributed by atoms with van der Waals surface area (Å²) < 4.78 is 5.24. The lowest BCUT2D eigenvalue weighted by atomic mass is 9.91. The van der Waals surface area contributed by atoms with Crippen molar-refractivity contribution in [3.05, 3.63) is 59.7 Å². The number of benzene rings is 1. The van der Waals surface area contributed by atoms with Gasteiger partial charge in [-0.2, -0.15) is 0 Å². The topological polar surface area (TPSA) is 61.2 Å². The molecule has 2 aromatic heterocycles. The van der Waals surface area contributed by atoms with E-state index in [9.17, 15) is 5.11 Å². The van der Waals surface area contributed by atoms with E-state index in [-0.39, 0.29) is 0 Å². The molecule has 3 aromatic rings. The van der Waals surface area contributed by atoms with Crippen LogP contribution in [0.1, 0.15) is 29.5 Å². The van der Waals surface area contributed by atoms with Crippen molar-refractivity contribution < 1.29 is 9.52 Å². The van der Waals surface area contributed by atoms with Crippen LogP contribution in [-0.2, 0) is 12.8 Å². The van der Waals surface area contributed by atoms with Gasteiger partial charge in [-0.3, -0.25) is 0 Å². The zero-order valence-electron chi connectivity index (χ0n) is 12.4. The number of aliphatic hydroxyl groups is 1. The number of aromatic nitrogens is 1. The van der Waals surface area contributed by atoms with Crippen molar-refractivity contribution >= 4 is 10.9 Å². The van der Waals surface area contributed by atoms with Crippen molar-refractivity contribution in [3.63, 3.8) is 0 Å². The van der Waals surface area contributed by atoms with Crippen molar-refractivity contribution in [1.29, 1.82) is 0 Å². The van der Waals surface area contributed by atoms with E-state index < -0.39 is 6.10 Å². The summed E-state index contributed by atoms with van der Waals surface area (Å²) in [4.78, 5) is 3.53. The minimum atomic E-state index is -0.584. The van der Waals surface area contributed by atoms with Gasteiger partial charge in [-0.15, -0.1) is 0 Å². The summed E-state index contributed by atoms with van der Waals surface area (Å²) in [6.45, 7) is 0.524. The summed E-state index contributed by atoms with van der Waals surface area (Å²) in [5.41, 5.74) is 4.02. The van der Waals surface area contributed by atoms with Crippen LogP contribution in [0.5, 0.6) is 0 Å². The highest BCUT2D eigenvalue weighted by molar-refractivity contribution is 5.84. The number of nitrogens with one attached hydrogen (secondary N) is 2. The summed E-state index contributed by atoms with van der Waals surface area (Å²) in [6.07, 6.45) is 4.16. The van der Waals surface area contributed by atoms with E-state index in [1.807, 2.05) is 6.07 Å². The molecule has 1 aromatic carbocycles. The standard InChI is InChI=1S/C18H20N2O2/c21-17(18-6-3-9-22-18)11-19-12-7-8-16-14(10-12)13-4-1-2-5-15(13)20-16/h1-6,9,12,17,19-21H,7-8,10-11H2. The molecule has 0 radical (unpaired) electrons. The molecule has 0 saturated carbocycles. The number of fused-ring (bicyclic) bond motifs is 3. The maximum absolute atomic E-state index is 10.1. The van der Waals surface area contributed by atoms with Crippen LogP contribution in [0.3, 0.4) is 0 Å². The van der Waals surface area contributed by atoms with Gasteiger partial charge < -0.3 is 19.8 Å². The lowest BCUT2D eigenvalue weighted by Crippen LogP contribution is -2.36. The van der Waals surface area contributed by atoms with Crippen molar-refractivity contribution in [3.8, 4) is 0 Å². The van der Waals surface area contributed by atoms with Crippen LogP contribution < -0.4 is 5.32 Å². The Balaban J connectivity index is 1.45. The Hall–Kier alpha value is -2.04. The lowest BCUT2D eigenvalue weighted by Gasteiger charge is -2.24. The van der Waals surface area contributed by atoms with Gasteiger partial charge in [0.05, 0.1) is 6.26 Å². The first-order valence-electron chi connectivity index (χ1n) is 7.84. The largest absolute Gasteiger partial charge is 0.467 e. The van der Waals surface area contributed by atoms with Crippen LogP contribution in [0.25, 0.3) is 10.9 Å². The van der Waals surface area contributed by atoms with Gasteiger partial charge in [0.1, 0.15) is 11.9 Å². The van der Waals surface area contributed by atoms with E-state index in [4.69, 9.17) is 4.42 Å². The van der Waals surface area contributed by atoms with E-state index in [0.717, 1.165) is 19.3 Å². The number of H-pyrrole nitrogens is 1. The summed E-state index contributed by atoms with van der Waals surface area (Å²) in [5, 5.41) is 14.9. The van der Waals surface area contributed by atoms with Crippen LogP contribution in [0.4, 0.5) is 0 Å². The molecular formula is C18H20N2O2. The zero-order valence-corrected chi connectivity index (χ0v) is 12.4. The minimum Gasteiger partial charge on any atom is -0.467 e. The quantitative estimate of drug-likeness (QED) is 0.693. The number of aliphatic hydroxyl groups excluding tert-OH is 1. The van der Waals surface area contributed by atoms with Crippen LogP contribution in [0.2, 0.25) is 0 Å². The number of aryl methyl sites for hydroxylation is 1. The minimum absolute atomic E-state index is 0.399. The van der Waals surface area contributed by atoms with Gasteiger partial charge in [0.2, 0.25) is 0 Å². The van der Waals surface area contributed by atoms with Gasteiger partial charge in [-0.05, 0) is 43.0 Å². The molecule has 4 rings (SSSR count). The predicted octanol–water partition coefficient (Wildman–Crippen LogP) is 2.94. The second kappa shape index (κ2) is 5.63. The first kappa shape index (κ1) is 13.6. The van der Waals surface area contributed by atoms with E-state index in [2.05, 4.69) is 34.6 Å². The van der Waals surface area contributed by atoms with Crippen LogP contribution in [0.15, 0.2) is 47.1 Å². The molecule has 3 N–H and O–H groups in total. The second-order valence-corrected chi connectivity index (χ2v) is 6.01. The molecule has 2 atom stereocenters. The second-order valence-electron chi connectivity index (χ2n) is 6.01. The van der Waals surface area contributed by atoms with Gasteiger partial charge in [0, 0.05) is 29.2 Å². The average molecular weight is 296 g/mol. The number of furan rings is 1. The first-order valence-corrected chi connectivity index (χ1v) is 7.84. The average Bonchev–Trinajstić information content (AvgIpc) is 3.20. The van der Waals surface area contributed by atoms with E-state index in [1.165, 1.54) is 22.2 Å². The molecule has 0 bridgehead atoms. The molecule has 0 aliphatic heterocycles. The van der Waals surface area contributed by atoms with Gasteiger partial charge in [0.25, 0.3) is 0 Å². The zero-order chi connectivity index (χ0) is 14.9. The summed E-state index contributed by atoms with van der Waals surface area (Å²) in [6, 6.07) is 12.5. The first-order chi connectivity index (χ1) is 10.8. The van der Waals surface area contributed by atoms with Gasteiger partial charge in [0.15, 0.2) is 0 Å². The summed E-state index contributed by atoms with van der Waals surface area (Å²) in [5.74, 6) is 0.621. The number of para-hydroxylation sites is 1. The summed E-state index contributed by atoms with van der Waals surface area (Å²) >= 11 is 0. The fourth-order valence-electron chi connectivity index (χ4n) is 3.40. The number of rotatable bonds is 4. The normalized spacial score (nSPS) is 19.2. The molecule has 1 aliphatic rings. The Bertz CT molecular complexity index is 761. The number of hydrogen-bond donors (Lipinski definition) is 3. The third-order valence-electron chi connectivity index (χ3n) is 4.57. The molecule has 22 heavy (non-hydrogen) atoms. The molecule has 4 nitrogen and oxygen atoms in total. The molecule has 2 heterocycles. The summed E-state index contributed by atoms with van der Waals surface area (Å²) in [7, 11) is 0. The Morgan fingerprint density at radius 1 is 1.27 bits per heavy atom. The Kier molecular flexibility index (Phi) is 3.48. The predicted molar refractivity (Wildman–Crippen MR) is 85.8 cm³/mol. The smallest absolute Gasteiger partial charge is 0.133 e. The third-order valence-corrected chi connectivity index (χ3v) is 4.57. The van der Waals surface area contributed by atoms with Crippen molar-refractivity contribution in [2.24, 2.45) is 0 Å². The molecule has 0 spiro atoms. The van der Waals surface area contributed by atoms with Gasteiger partial charge in [-0.1, -0.05) is 18.2 Å². The highest BCUT2D eigenvalue weighted by atomic mass is 16.4. The molecule has 2 unspecified atom stereocenters. The lowest BCUT2D eigenvalue weighted by molar-refractivity contribution is 0.142. The number of hydrogen-bond acceptors (Lipinski definition) is 3. The maximum atomic E-state index is 10.1. The van der Waals surface area contributed by atoms with E-state index >= 15 is 0 Å². The molecule has 1 aliphatic carbocycles. The molecule has 4 heteroatoms. The molecule has 0 amide bonds. The third kappa shape index (κ3) is 2.45. The van der Waals surface area contributed by atoms with Crippen molar-refractivity contribution in [1.82, 2.24) is 10.3 Å². The Morgan fingerprint density at radius 3 is 3.05 bits per heavy atom. The SMILES string of the molecule is OC(CNC1CCc2[nH]c3ccccc3c2C1)c1ccco1. The molecule has 0 fully saturated rings. The Morgan fingerprint density at radius 2 is 2.18 bits per heavy atom. The molecule has 0 saturated heterocycles. The van der Waals surface area contributed by atoms with Crippen LogP contribution in [0, 0.1) is 0 Å². The maximum Gasteiger partial charge on any atom is 0.133 e. The van der Waals surface area contributed by atoms with Crippen molar-refractivity contribution in [2.45, 2.75) is 31.4 Å². The molecule has 114 valence electrons. The van der Waals surface area contributed by atoms with Gasteiger partial charge in [-0.25, -0.2) is 0 Å². The fourth-order valence-corrected chi connectivity index (χ4v) is 3.40. The van der Waals surface area contributed by atoms with Crippen LogP contribution in [-0.4, -0.2) is 22.7 Å². The van der Waals surface area contributed by atoms with E-state index in [0.29, 0.717) is 18.3 Å². The fraction of sp³-hybridized carbons (Fsp3) is 0.333. The monoisotopic (exact) mass is 296 g/mol. The molecular weight excluding hydrogens is 276 g/mol. The van der Waals surface area contributed by atoms with E-state index in [1.54, 1.807) is 12.3 Å². The van der Waals surface area contributed by atoms with Gasteiger partial charge >= 0.3 is 0 Å². The highest BCUT2D eigenvalue weighted by Crippen LogP contribution is 2.29.